The molecule has 2 atom stereocenters. The Morgan fingerprint density at radius 3 is 2.55 bits per heavy atom. The fourth-order valence-electron chi connectivity index (χ4n) is 3.60. The van der Waals surface area contributed by atoms with Crippen molar-refractivity contribution in [1.82, 2.24) is 20.3 Å². The molecule has 0 radical (unpaired) electrons. The maximum absolute atomic E-state index is 13.2. The summed E-state index contributed by atoms with van der Waals surface area (Å²) in [5.74, 6) is -5.48. The first-order valence-corrected chi connectivity index (χ1v) is 10.5. The van der Waals surface area contributed by atoms with Gasteiger partial charge < -0.3 is 15.7 Å². The minimum atomic E-state index is -2.98. The second-order valence-electron chi connectivity index (χ2n) is 8.08. The van der Waals surface area contributed by atoms with Gasteiger partial charge in [0.05, 0.1) is 17.3 Å². The van der Waals surface area contributed by atoms with E-state index in [0.717, 1.165) is 5.56 Å². The smallest absolute Gasteiger partial charge is 0.270 e. The fourth-order valence-corrected chi connectivity index (χ4v) is 3.60. The molecule has 8 nitrogen and oxygen atoms in total. The second kappa shape index (κ2) is 8.43. The van der Waals surface area contributed by atoms with E-state index in [-0.39, 0.29) is 11.5 Å². The number of pyridine rings is 3. The van der Waals surface area contributed by atoms with Crippen molar-refractivity contribution >= 4 is 28.5 Å². The lowest BCUT2D eigenvalue weighted by atomic mass is 9.98. The number of aliphatic hydroxyl groups is 1. The lowest BCUT2D eigenvalue weighted by Gasteiger charge is -2.14. The number of anilines is 1. The van der Waals surface area contributed by atoms with Gasteiger partial charge in [-0.3, -0.25) is 14.6 Å². The summed E-state index contributed by atoms with van der Waals surface area (Å²) < 4.78 is 26.3. The molecule has 3 aromatic heterocycles. The molecule has 3 heterocycles. The van der Waals surface area contributed by atoms with E-state index in [1.165, 1.54) is 19.3 Å². The molecule has 1 fully saturated rings. The van der Waals surface area contributed by atoms with Crippen molar-refractivity contribution in [2.45, 2.75) is 38.7 Å². The van der Waals surface area contributed by atoms with Gasteiger partial charge in [0, 0.05) is 48.4 Å². The Bertz CT molecular complexity index is 1260. The van der Waals surface area contributed by atoms with Crippen molar-refractivity contribution in [3.05, 3.63) is 47.5 Å². The zero-order valence-corrected chi connectivity index (χ0v) is 18.3. The minimum absolute atomic E-state index is 0.0778. The van der Waals surface area contributed by atoms with Crippen LogP contribution in [-0.4, -0.2) is 44.8 Å². The highest BCUT2D eigenvalue weighted by Crippen LogP contribution is 2.49. The summed E-state index contributed by atoms with van der Waals surface area (Å²) in [6, 6.07) is 4.95. The van der Waals surface area contributed by atoms with Crippen molar-refractivity contribution in [3.8, 4) is 11.1 Å². The molecule has 1 saturated carbocycles. The molecule has 1 unspecified atom stereocenters. The van der Waals surface area contributed by atoms with Crippen LogP contribution in [0, 0.1) is 12.8 Å². The van der Waals surface area contributed by atoms with Gasteiger partial charge in [-0.15, -0.1) is 0 Å². The summed E-state index contributed by atoms with van der Waals surface area (Å²) in [4.78, 5) is 37.5. The number of carbonyl (C=O) groups excluding carboxylic acids is 2. The molecule has 0 spiro atoms. The molecule has 0 aromatic carbocycles. The minimum Gasteiger partial charge on any atom is -0.387 e. The van der Waals surface area contributed by atoms with Crippen molar-refractivity contribution in [2.75, 3.05) is 12.4 Å². The predicted octanol–water partition coefficient (Wildman–Crippen LogP) is 3.40. The summed E-state index contributed by atoms with van der Waals surface area (Å²) in [7, 11) is 1.48. The number of alkyl halides is 2. The molecule has 172 valence electrons. The quantitative estimate of drug-likeness (QED) is 0.525. The monoisotopic (exact) mass is 455 g/mol. The van der Waals surface area contributed by atoms with E-state index in [2.05, 4.69) is 25.6 Å². The third-order valence-corrected chi connectivity index (χ3v) is 5.69. The van der Waals surface area contributed by atoms with E-state index in [1.807, 2.05) is 13.8 Å². The summed E-state index contributed by atoms with van der Waals surface area (Å²) in [6.45, 7) is 3.71. The van der Waals surface area contributed by atoms with Crippen LogP contribution in [0.5, 0.6) is 0 Å². The van der Waals surface area contributed by atoms with Gasteiger partial charge >= 0.3 is 0 Å². The largest absolute Gasteiger partial charge is 0.387 e. The number of hydrogen-bond acceptors (Lipinski definition) is 6. The second-order valence-corrected chi connectivity index (χ2v) is 8.08. The van der Waals surface area contributed by atoms with Gasteiger partial charge in [-0.05, 0) is 31.0 Å². The molecule has 0 aliphatic heterocycles. The van der Waals surface area contributed by atoms with E-state index in [1.54, 1.807) is 18.3 Å². The molecule has 3 aromatic rings. The van der Waals surface area contributed by atoms with Crippen molar-refractivity contribution in [3.63, 3.8) is 0 Å². The molecule has 4 rings (SSSR count). The first kappa shape index (κ1) is 22.7. The Balaban J connectivity index is 1.74. The van der Waals surface area contributed by atoms with Crippen LogP contribution < -0.4 is 10.6 Å². The number of aryl methyl sites for hydroxylation is 1. The topological polar surface area (TPSA) is 117 Å². The van der Waals surface area contributed by atoms with E-state index < -0.39 is 36.2 Å². The van der Waals surface area contributed by atoms with Crippen molar-refractivity contribution in [2.24, 2.45) is 5.92 Å². The van der Waals surface area contributed by atoms with Crippen LogP contribution in [0.25, 0.3) is 22.0 Å². The Labute approximate surface area is 188 Å². The zero-order chi connectivity index (χ0) is 23.9. The summed E-state index contributed by atoms with van der Waals surface area (Å²) in [5, 5.41) is 15.6. The summed E-state index contributed by atoms with van der Waals surface area (Å²) in [6.07, 6.45) is 2.42. The number of fused-ring (bicyclic) bond motifs is 1. The Hall–Kier alpha value is -3.53. The standard InChI is InChI=1S/C23H23F2N5O3/c1-4-18(31)17-5-11(2)14(10-27-17)13-6-12-9-28-19(30-21(32)15-8-23(15,24)25)7-16(12)29-20(13)22(33)26-3/h5-7,9-10,15,18,31H,4,8H2,1-3H3,(H,26,33)(H,28,30,32)/t15-,18?/m1/s1. The number of aliphatic hydroxyl groups excluding tert-OH is 1. The molecule has 0 saturated heterocycles. The van der Waals surface area contributed by atoms with E-state index in [9.17, 15) is 23.5 Å². The third-order valence-electron chi connectivity index (χ3n) is 5.69. The van der Waals surface area contributed by atoms with Gasteiger partial charge in [-0.1, -0.05) is 6.92 Å². The Kier molecular flexibility index (Phi) is 5.79. The number of halogens is 2. The number of rotatable bonds is 6. The molecule has 2 amide bonds. The van der Waals surface area contributed by atoms with Crippen LogP contribution in [-0.2, 0) is 4.79 Å². The Morgan fingerprint density at radius 2 is 1.94 bits per heavy atom. The molecule has 10 heteroatoms. The van der Waals surface area contributed by atoms with E-state index in [0.29, 0.717) is 34.1 Å². The van der Waals surface area contributed by atoms with Gasteiger partial charge in [-0.2, -0.15) is 0 Å². The van der Waals surface area contributed by atoms with Gasteiger partial charge in [0.25, 0.3) is 11.8 Å². The number of nitrogens with one attached hydrogen (secondary N) is 2. The highest BCUT2D eigenvalue weighted by molar-refractivity contribution is 6.03. The number of carbonyl (C=O) groups is 2. The predicted molar refractivity (Wildman–Crippen MR) is 118 cm³/mol. The van der Waals surface area contributed by atoms with Crippen LogP contribution in [0.2, 0.25) is 0 Å². The molecular formula is C23H23F2N5O3. The highest BCUT2D eigenvalue weighted by Gasteiger charge is 2.61. The summed E-state index contributed by atoms with van der Waals surface area (Å²) in [5.41, 5.74) is 3.05. The molecule has 1 aliphatic rings. The Morgan fingerprint density at radius 1 is 1.21 bits per heavy atom. The lowest BCUT2D eigenvalue weighted by Crippen LogP contribution is -2.21. The van der Waals surface area contributed by atoms with E-state index in [4.69, 9.17) is 0 Å². The van der Waals surface area contributed by atoms with Gasteiger partial charge in [0.2, 0.25) is 5.91 Å². The van der Waals surface area contributed by atoms with Crippen LogP contribution in [0.3, 0.4) is 0 Å². The lowest BCUT2D eigenvalue weighted by molar-refractivity contribution is -0.119. The maximum Gasteiger partial charge on any atom is 0.270 e. The average molecular weight is 455 g/mol. The maximum atomic E-state index is 13.2. The highest BCUT2D eigenvalue weighted by atomic mass is 19.3. The van der Waals surface area contributed by atoms with Crippen LogP contribution in [0.1, 0.15) is 47.6 Å². The number of aromatic nitrogens is 3. The van der Waals surface area contributed by atoms with Crippen LogP contribution in [0.4, 0.5) is 14.6 Å². The number of amides is 2. The molecule has 33 heavy (non-hydrogen) atoms. The zero-order valence-electron chi connectivity index (χ0n) is 18.3. The molecular weight excluding hydrogens is 432 g/mol. The first-order valence-electron chi connectivity index (χ1n) is 10.5. The van der Waals surface area contributed by atoms with E-state index >= 15 is 0 Å². The van der Waals surface area contributed by atoms with Gasteiger partial charge in [0.1, 0.15) is 17.4 Å². The van der Waals surface area contributed by atoms with Crippen molar-refractivity contribution < 1.29 is 23.5 Å². The van der Waals surface area contributed by atoms with Crippen LogP contribution in [0.15, 0.2) is 30.6 Å². The SMILES string of the molecule is CCC(O)c1cc(C)c(-c2cc3cnc(NC(=O)[C@H]4CC4(F)F)cc3nc2C(=O)NC)cn1. The summed E-state index contributed by atoms with van der Waals surface area (Å²) >= 11 is 0. The van der Waals surface area contributed by atoms with Gasteiger partial charge in [0.15, 0.2) is 0 Å². The van der Waals surface area contributed by atoms with Crippen molar-refractivity contribution in [1.29, 1.82) is 0 Å². The number of nitrogens with zero attached hydrogens (tertiary/aromatic N) is 3. The molecule has 3 N–H and O–H groups in total. The third kappa shape index (κ3) is 4.38. The fraction of sp³-hybridized carbons (Fsp3) is 0.348. The molecule has 0 bridgehead atoms. The molecule has 1 aliphatic carbocycles. The average Bonchev–Trinajstić information content (AvgIpc) is 3.45. The number of hydrogen-bond donors (Lipinski definition) is 3. The normalized spacial score (nSPS) is 17.5. The first-order chi connectivity index (χ1) is 15.6. The van der Waals surface area contributed by atoms with Gasteiger partial charge in [-0.25, -0.2) is 18.7 Å². The van der Waals surface area contributed by atoms with Crippen LogP contribution >= 0.6 is 0 Å².